The second kappa shape index (κ2) is 7.32. The number of hydrogen-bond donors (Lipinski definition) is 0. The van der Waals surface area contributed by atoms with Gasteiger partial charge in [0.15, 0.2) is 10.6 Å². The van der Waals surface area contributed by atoms with Crippen LogP contribution in [0.4, 0.5) is 0 Å². The lowest BCUT2D eigenvalue weighted by atomic mass is 10.2. The molecule has 0 bridgehead atoms. The van der Waals surface area contributed by atoms with E-state index in [1.54, 1.807) is 12.4 Å². The molecule has 0 aliphatic carbocycles. The number of hydrogen-bond acceptors (Lipinski definition) is 6. The Morgan fingerprint density at radius 1 is 1.16 bits per heavy atom. The minimum atomic E-state index is -3.12. The molecule has 1 aliphatic heterocycles. The van der Waals surface area contributed by atoms with Crippen LogP contribution in [0.25, 0.3) is 11.4 Å². The van der Waals surface area contributed by atoms with Crippen molar-refractivity contribution in [2.75, 3.05) is 32.4 Å². The Morgan fingerprint density at radius 3 is 2.36 bits per heavy atom. The number of nitrogens with zero attached hydrogens (tertiary/aromatic N) is 6. The summed E-state index contributed by atoms with van der Waals surface area (Å²) in [5.41, 5.74) is 0.976. The van der Waals surface area contributed by atoms with Crippen molar-refractivity contribution in [1.82, 2.24) is 28.5 Å². The van der Waals surface area contributed by atoms with Gasteiger partial charge in [-0.25, -0.2) is 13.1 Å². The molecule has 0 amide bonds. The molecule has 0 spiro atoms. The topological polar surface area (TPSA) is 76.3 Å². The van der Waals surface area contributed by atoms with Gasteiger partial charge in [0.2, 0.25) is 10.0 Å². The number of sulfonamides is 1. The van der Waals surface area contributed by atoms with Crippen LogP contribution in [0.5, 0.6) is 0 Å². The molecule has 2 aromatic heterocycles. The molecule has 3 rings (SSSR count). The maximum absolute atomic E-state index is 11.6. The Morgan fingerprint density at radius 2 is 1.80 bits per heavy atom. The first-order valence-electron chi connectivity index (χ1n) is 8.15. The van der Waals surface area contributed by atoms with E-state index in [2.05, 4.69) is 15.0 Å². The molecule has 2 aromatic rings. The van der Waals surface area contributed by atoms with Crippen molar-refractivity contribution in [3.05, 3.63) is 29.3 Å². The van der Waals surface area contributed by atoms with Gasteiger partial charge in [0.25, 0.3) is 0 Å². The lowest BCUT2D eigenvalue weighted by molar-refractivity contribution is 0.145. The van der Waals surface area contributed by atoms with Crippen LogP contribution in [-0.2, 0) is 23.2 Å². The monoisotopic (exact) mass is 382 g/mol. The van der Waals surface area contributed by atoms with Gasteiger partial charge in [0, 0.05) is 50.7 Å². The molecule has 0 N–H and O–H groups in total. The van der Waals surface area contributed by atoms with E-state index in [9.17, 15) is 8.42 Å². The fourth-order valence-electron chi connectivity index (χ4n) is 2.92. The van der Waals surface area contributed by atoms with E-state index in [0.29, 0.717) is 37.6 Å². The van der Waals surface area contributed by atoms with Crippen LogP contribution in [0.2, 0.25) is 0 Å². The van der Waals surface area contributed by atoms with E-state index < -0.39 is 10.0 Å². The first-order valence-corrected chi connectivity index (χ1v) is 10.4. The van der Waals surface area contributed by atoms with E-state index in [1.165, 1.54) is 10.6 Å². The van der Waals surface area contributed by atoms with E-state index in [0.717, 1.165) is 17.9 Å². The Labute approximate surface area is 152 Å². The highest BCUT2D eigenvalue weighted by atomic mass is 32.2. The SMILES string of the molecule is CCn1c(-c2ccncc2)nn(CN2CCN(S(C)(=O)=O)CC2)c1=S. The summed E-state index contributed by atoms with van der Waals surface area (Å²) in [5, 5.41) is 4.69. The van der Waals surface area contributed by atoms with Crippen molar-refractivity contribution in [3.63, 3.8) is 0 Å². The number of rotatable bonds is 5. The molecular weight excluding hydrogens is 360 g/mol. The summed E-state index contributed by atoms with van der Waals surface area (Å²) in [6.07, 6.45) is 4.73. The quantitative estimate of drug-likeness (QED) is 0.719. The fourth-order valence-corrected chi connectivity index (χ4v) is 4.07. The zero-order valence-electron chi connectivity index (χ0n) is 14.4. The summed E-state index contributed by atoms with van der Waals surface area (Å²) in [5.74, 6) is 0.824. The van der Waals surface area contributed by atoms with E-state index in [-0.39, 0.29) is 0 Å². The summed E-state index contributed by atoms with van der Waals surface area (Å²) in [6, 6.07) is 3.83. The average Bonchev–Trinajstić information content (AvgIpc) is 2.91. The Balaban J connectivity index is 1.78. The second-order valence-electron chi connectivity index (χ2n) is 6.01. The van der Waals surface area contributed by atoms with Crippen molar-refractivity contribution in [2.45, 2.75) is 20.1 Å². The zero-order chi connectivity index (χ0) is 18.0. The van der Waals surface area contributed by atoms with Crippen LogP contribution < -0.4 is 0 Å². The van der Waals surface area contributed by atoms with Crippen LogP contribution in [-0.4, -0.2) is 69.4 Å². The molecule has 1 saturated heterocycles. The molecule has 8 nitrogen and oxygen atoms in total. The van der Waals surface area contributed by atoms with Gasteiger partial charge in [-0.15, -0.1) is 0 Å². The van der Waals surface area contributed by atoms with Gasteiger partial charge in [-0.3, -0.25) is 9.88 Å². The molecule has 1 aliphatic rings. The average molecular weight is 383 g/mol. The predicted molar refractivity (Wildman–Crippen MR) is 97.9 cm³/mol. The smallest absolute Gasteiger partial charge is 0.211 e. The van der Waals surface area contributed by atoms with Crippen molar-refractivity contribution < 1.29 is 8.42 Å². The second-order valence-corrected chi connectivity index (χ2v) is 8.35. The largest absolute Gasteiger partial charge is 0.300 e. The van der Waals surface area contributed by atoms with Crippen LogP contribution in [0, 0.1) is 4.77 Å². The summed E-state index contributed by atoms with van der Waals surface area (Å²) in [4.78, 5) is 6.21. The standard InChI is InChI=1S/C15H22N6O2S2/c1-3-20-14(13-4-6-16-7-5-13)17-21(15(20)24)12-18-8-10-19(11-9-18)25(2,22)23/h4-7H,3,8-12H2,1-2H3. The first kappa shape index (κ1) is 18.2. The molecular formula is C15H22N6O2S2. The molecule has 1 fully saturated rings. The fraction of sp³-hybridized carbons (Fsp3) is 0.533. The Hall–Kier alpha value is -1.62. The molecule has 136 valence electrons. The van der Waals surface area contributed by atoms with Gasteiger partial charge in [0.05, 0.1) is 12.9 Å². The van der Waals surface area contributed by atoms with Crippen LogP contribution in [0.3, 0.4) is 0 Å². The zero-order valence-corrected chi connectivity index (χ0v) is 16.0. The highest BCUT2D eigenvalue weighted by Crippen LogP contribution is 2.18. The minimum absolute atomic E-state index is 0.498. The van der Waals surface area contributed by atoms with E-state index in [4.69, 9.17) is 12.2 Å². The number of aromatic nitrogens is 4. The van der Waals surface area contributed by atoms with Crippen molar-refractivity contribution >= 4 is 22.2 Å². The van der Waals surface area contributed by atoms with Gasteiger partial charge in [-0.05, 0) is 31.3 Å². The lowest BCUT2D eigenvalue weighted by Crippen LogP contribution is -2.48. The van der Waals surface area contributed by atoms with Crippen molar-refractivity contribution in [3.8, 4) is 11.4 Å². The van der Waals surface area contributed by atoms with E-state index >= 15 is 0 Å². The van der Waals surface area contributed by atoms with Crippen molar-refractivity contribution in [2.24, 2.45) is 0 Å². The molecule has 0 radical (unpaired) electrons. The number of pyridine rings is 1. The maximum atomic E-state index is 11.6. The summed E-state index contributed by atoms with van der Waals surface area (Å²) >= 11 is 5.58. The van der Waals surface area contributed by atoms with Crippen LogP contribution in [0.15, 0.2) is 24.5 Å². The Bertz CT molecular complexity index is 882. The molecule has 0 aromatic carbocycles. The van der Waals surface area contributed by atoms with Gasteiger partial charge in [-0.2, -0.15) is 9.40 Å². The third-order valence-corrected chi connectivity index (χ3v) is 6.05. The first-order chi connectivity index (χ1) is 11.9. The molecule has 3 heterocycles. The minimum Gasteiger partial charge on any atom is -0.300 e. The van der Waals surface area contributed by atoms with Gasteiger partial charge < -0.3 is 4.57 Å². The normalized spacial score (nSPS) is 17.0. The highest BCUT2D eigenvalue weighted by molar-refractivity contribution is 7.88. The molecule has 10 heteroatoms. The molecule has 25 heavy (non-hydrogen) atoms. The van der Waals surface area contributed by atoms with E-state index in [1.807, 2.05) is 28.3 Å². The molecule has 0 saturated carbocycles. The maximum Gasteiger partial charge on any atom is 0.211 e. The third-order valence-electron chi connectivity index (χ3n) is 4.31. The number of piperazine rings is 1. The van der Waals surface area contributed by atoms with Gasteiger partial charge in [0.1, 0.15) is 0 Å². The molecule has 0 atom stereocenters. The highest BCUT2D eigenvalue weighted by Gasteiger charge is 2.24. The predicted octanol–water partition coefficient (Wildman–Crippen LogP) is 1.03. The summed E-state index contributed by atoms with van der Waals surface area (Å²) < 4.78 is 29.2. The van der Waals surface area contributed by atoms with Crippen LogP contribution in [0.1, 0.15) is 6.92 Å². The van der Waals surface area contributed by atoms with Crippen LogP contribution >= 0.6 is 12.2 Å². The third kappa shape index (κ3) is 3.97. The van der Waals surface area contributed by atoms with Crippen molar-refractivity contribution in [1.29, 1.82) is 0 Å². The summed E-state index contributed by atoms with van der Waals surface area (Å²) in [7, 11) is -3.12. The molecule has 0 unspecified atom stereocenters. The summed E-state index contributed by atoms with van der Waals surface area (Å²) in [6.45, 7) is 5.66. The van der Waals surface area contributed by atoms with Gasteiger partial charge >= 0.3 is 0 Å². The lowest BCUT2D eigenvalue weighted by Gasteiger charge is -2.32. The Kier molecular flexibility index (Phi) is 5.32. The van der Waals surface area contributed by atoms with Gasteiger partial charge in [-0.1, -0.05) is 0 Å².